The van der Waals surface area contributed by atoms with Crippen LogP contribution in [0.5, 0.6) is 5.75 Å². The summed E-state index contributed by atoms with van der Waals surface area (Å²) in [5.41, 5.74) is 0.573. The van der Waals surface area contributed by atoms with Gasteiger partial charge < -0.3 is 10.0 Å². The van der Waals surface area contributed by atoms with Gasteiger partial charge in [0.25, 0.3) is 0 Å². The van der Waals surface area contributed by atoms with Crippen molar-refractivity contribution in [1.82, 2.24) is 4.90 Å². The molecule has 2 saturated carbocycles. The highest BCUT2D eigenvalue weighted by Gasteiger charge is 2.39. The molecule has 4 heteroatoms. The van der Waals surface area contributed by atoms with Gasteiger partial charge in [0.2, 0.25) is 0 Å². The molecule has 2 aliphatic carbocycles. The molecule has 2 fully saturated rings. The molecule has 2 nitrogen and oxygen atoms in total. The number of benzene rings is 1. The zero-order chi connectivity index (χ0) is 14.3. The minimum Gasteiger partial charge on any atom is -0.503 e. The molecule has 0 radical (unpaired) electrons. The van der Waals surface area contributed by atoms with Gasteiger partial charge in [0, 0.05) is 13.1 Å². The third-order valence-corrected chi connectivity index (χ3v) is 4.96. The van der Waals surface area contributed by atoms with Crippen molar-refractivity contribution in [1.29, 1.82) is 0 Å². The maximum Gasteiger partial charge on any atom is 0.187 e. The van der Waals surface area contributed by atoms with Crippen LogP contribution in [0.1, 0.15) is 31.2 Å². The van der Waals surface area contributed by atoms with Crippen LogP contribution in [0.3, 0.4) is 0 Å². The summed E-state index contributed by atoms with van der Waals surface area (Å²) in [6, 6.07) is 2.44. The van der Waals surface area contributed by atoms with Crippen molar-refractivity contribution < 1.29 is 13.9 Å². The molecule has 0 amide bonds. The van der Waals surface area contributed by atoms with E-state index in [1.807, 2.05) is 7.05 Å². The lowest BCUT2D eigenvalue weighted by molar-refractivity contribution is 0.214. The number of rotatable bonds is 4. The normalized spacial score (nSPS) is 28.5. The van der Waals surface area contributed by atoms with Gasteiger partial charge >= 0.3 is 0 Å². The van der Waals surface area contributed by atoms with E-state index in [0.29, 0.717) is 12.1 Å². The number of halogens is 2. The number of phenols is 1. The van der Waals surface area contributed by atoms with Crippen molar-refractivity contribution in [2.24, 2.45) is 17.8 Å². The number of aromatic hydroxyl groups is 1. The van der Waals surface area contributed by atoms with E-state index in [1.54, 1.807) is 0 Å². The molecule has 0 heterocycles. The molecule has 0 saturated heterocycles. The molecule has 110 valence electrons. The Bertz CT molecular complexity index is 482. The van der Waals surface area contributed by atoms with Gasteiger partial charge in [-0.2, -0.15) is 0 Å². The average Bonchev–Trinajstić information content (AvgIpc) is 2.97. The summed E-state index contributed by atoms with van der Waals surface area (Å²) >= 11 is 0. The first-order chi connectivity index (χ1) is 9.52. The molecule has 0 aromatic heterocycles. The standard InChI is InChI=1S/C16H21F2NO/c1-19(9-13-5-10-2-3-12(13)4-10)8-11-6-14(17)16(20)15(18)7-11/h6-7,10,12-13,20H,2-5,8-9H2,1H3. The molecule has 3 atom stereocenters. The predicted octanol–water partition coefficient (Wildman–Crippen LogP) is 3.54. The molecule has 0 spiro atoms. The highest BCUT2D eigenvalue weighted by Crippen LogP contribution is 2.48. The zero-order valence-corrected chi connectivity index (χ0v) is 11.8. The van der Waals surface area contributed by atoms with Crippen molar-refractivity contribution in [2.45, 2.75) is 32.2 Å². The van der Waals surface area contributed by atoms with E-state index in [1.165, 1.54) is 37.8 Å². The van der Waals surface area contributed by atoms with Crippen LogP contribution in [0.4, 0.5) is 8.78 Å². The van der Waals surface area contributed by atoms with Crippen molar-refractivity contribution >= 4 is 0 Å². The largest absolute Gasteiger partial charge is 0.503 e. The molecule has 0 aliphatic heterocycles. The van der Waals surface area contributed by atoms with Crippen LogP contribution in [0.2, 0.25) is 0 Å². The zero-order valence-electron chi connectivity index (χ0n) is 11.8. The summed E-state index contributed by atoms with van der Waals surface area (Å²) in [7, 11) is 1.99. The molecule has 20 heavy (non-hydrogen) atoms. The number of fused-ring (bicyclic) bond motifs is 2. The van der Waals surface area contributed by atoms with Crippen LogP contribution in [0, 0.1) is 29.4 Å². The number of phenolic OH excluding ortho intramolecular Hbond substituents is 1. The first-order valence-electron chi connectivity index (χ1n) is 7.38. The molecular weight excluding hydrogens is 260 g/mol. The van der Waals surface area contributed by atoms with E-state index in [-0.39, 0.29) is 0 Å². The second-order valence-corrected chi connectivity index (χ2v) is 6.54. The molecule has 1 N–H and O–H groups in total. The fourth-order valence-corrected chi connectivity index (χ4v) is 4.09. The molecule has 2 aliphatic rings. The Kier molecular flexibility index (Phi) is 3.67. The summed E-state index contributed by atoms with van der Waals surface area (Å²) in [6.45, 7) is 1.51. The van der Waals surface area contributed by atoms with Gasteiger partial charge in [0.1, 0.15) is 0 Å². The topological polar surface area (TPSA) is 23.5 Å². The highest BCUT2D eigenvalue weighted by atomic mass is 19.1. The van der Waals surface area contributed by atoms with E-state index in [0.717, 1.165) is 24.3 Å². The SMILES string of the molecule is CN(Cc1cc(F)c(O)c(F)c1)CC1CC2CCC1C2. The highest BCUT2D eigenvalue weighted by molar-refractivity contribution is 5.29. The fourth-order valence-electron chi connectivity index (χ4n) is 4.09. The first kappa shape index (κ1) is 13.8. The Balaban J connectivity index is 1.60. The van der Waals surface area contributed by atoms with Gasteiger partial charge in [-0.15, -0.1) is 0 Å². The van der Waals surface area contributed by atoms with Crippen LogP contribution >= 0.6 is 0 Å². The maximum atomic E-state index is 13.3. The van der Waals surface area contributed by atoms with Crippen LogP contribution in [-0.4, -0.2) is 23.6 Å². The van der Waals surface area contributed by atoms with Gasteiger partial charge in [0.05, 0.1) is 0 Å². The molecular formula is C16H21F2NO. The van der Waals surface area contributed by atoms with E-state index in [4.69, 9.17) is 5.11 Å². The summed E-state index contributed by atoms with van der Waals surface area (Å²) in [4.78, 5) is 2.14. The van der Waals surface area contributed by atoms with E-state index in [9.17, 15) is 8.78 Å². The fraction of sp³-hybridized carbons (Fsp3) is 0.625. The smallest absolute Gasteiger partial charge is 0.187 e. The second-order valence-electron chi connectivity index (χ2n) is 6.54. The van der Waals surface area contributed by atoms with Crippen LogP contribution in [0.15, 0.2) is 12.1 Å². The van der Waals surface area contributed by atoms with E-state index < -0.39 is 17.4 Å². The van der Waals surface area contributed by atoms with Crippen molar-refractivity contribution in [3.8, 4) is 5.75 Å². The Hall–Kier alpha value is -1.16. The van der Waals surface area contributed by atoms with Gasteiger partial charge in [-0.1, -0.05) is 6.42 Å². The summed E-state index contributed by atoms with van der Waals surface area (Å²) in [6.07, 6.45) is 5.43. The summed E-state index contributed by atoms with van der Waals surface area (Å²) < 4.78 is 26.6. The molecule has 1 aromatic carbocycles. The van der Waals surface area contributed by atoms with Crippen LogP contribution in [0.25, 0.3) is 0 Å². The number of hydrogen-bond donors (Lipinski definition) is 1. The predicted molar refractivity (Wildman–Crippen MR) is 73.3 cm³/mol. The van der Waals surface area contributed by atoms with Gasteiger partial charge in [-0.25, -0.2) is 8.78 Å². The van der Waals surface area contributed by atoms with Crippen LogP contribution < -0.4 is 0 Å². The molecule has 1 aromatic rings. The second kappa shape index (κ2) is 5.32. The Morgan fingerprint density at radius 2 is 1.90 bits per heavy atom. The maximum absolute atomic E-state index is 13.3. The van der Waals surface area contributed by atoms with Gasteiger partial charge in [-0.3, -0.25) is 0 Å². The monoisotopic (exact) mass is 281 g/mol. The molecule has 3 rings (SSSR count). The first-order valence-corrected chi connectivity index (χ1v) is 7.38. The van der Waals surface area contributed by atoms with Crippen molar-refractivity contribution in [3.63, 3.8) is 0 Å². The molecule has 3 unspecified atom stereocenters. The number of hydrogen-bond acceptors (Lipinski definition) is 2. The van der Waals surface area contributed by atoms with E-state index >= 15 is 0 Å². The number of nitrogens with zero attached hydrogens (tertiary/aromatic N) is 1. The van der Waals surface area contributed by atoms with Crippen LogP contribution in [-0.2, 0) is 6.54 Å². The van der Waals surface area contributed by atoms with Crippen molar-refractivity contribution in [3.05, 3.63) is 29.3 Å². The Morgan fingerprint density at radius 1 is 1.20 bits per heavy atom. The molecule has 2 bridgehead atoms. The minimum absolute atomic E-state index is 0.516. The third-order valence-electron chi connectivity index (χ3n) is 4.96. The summed E-state index contributed by atoms with van der Waals surface area (Å²) in [5.74, 6) is -0.130. The van der Waals surface area contributed by atoms with Crippen molar-refractivity contribution in [2.75, 3.05) is 13.6 Å². The summed E-state index contributed by atoms with van der Waals surface area (Å²) in [5, 5.41) is 9.10. The lowest BCUT2D eigenvalue weighted by atomic mass is 9.88. The average molecular weight is 281 g/mol. The third kappa shape index (κ3) is 2.66. The Morgan fingerprint density at radius 3 is 2.45 bits per heavy atom. The Labute approximate surface area is 118 Å². The van der Waals surface area contributed by atoms with E-state index in [2.05, 4.69) is 4.90 Å². The van der Waals surface area contributed by atoms with Gasteiger partial charge in [-0.05, 0) is 61.8 Å². The minimum atomic E-state index is -0.885. The lowest BCUT2D eigenvalue weighted by Crippen LogP contribution is -2.28. The lowest BCUT2D eigenvalue weighted by Gasteiger charge is -2.27. The quantitative estimate of drug-likeness (QED) is 0.912. The van der Waals surface area contributed by atoms with Gasteiger partial charge in [0.15, 0.2) is 17.4 Å².